The highest BCUT2D eigenvalue weighted by atomic mass is 16.6. The number of fused-ring (bicyclic) bond motifs is 1. The summed E-state index contributed by atoms with van der Waals surface area (Å²) in [5.41, 5.74) is 3.36. The summed E-state index contributed by atoms with van der Waals surface area (Å²) < 4.78 is 0. The van der Waals surface area contributed by atoms with Crippen LogP contribution in [0.3, 0.4) is 0 Å². The first kappa shape index (κ1) is 16.0. The van der Waals surface area contributed by atoms with Gasteiger partial charge in [0, 0.05) is 23.2 Å². The molecule has 24 heavy (non-hydrogen) atoms. The molecule has 1 aromatic heterocycles. The lowest BCUT2D eigenvalue weighted by atomic mass is 10.0. The van der Waals surface area contributed by atoms with Gasteiger partial charge >= 0.3 is 0 Å². The number of nitrogens with zero attached hydrogens (tertiary/aromatic N) is 1. The van der Waals surface area contributed by atoms with Gasteiger partial charge in [0.1, 0.15) is 5.69 Å². The fourth-order valence-electron chi connectivity index (χ4n) is 2.86. The summed E-state index contributed by atoms with van der Waals surface area (Å²) in [5.74, 6) is 0. The van der Waals surface area contributed by atoms with E-state index in [2.05, 4.69) is 10.3 Å². The van der Waals surface area contributed by atoms with Crippen LogP contribution in [0.4, 0.5) is 11.4 Å². The molecule has 1 unspecified atom stereocenters. The third-order valence-electron chi connectivity index (χ3n) is 4.07. The Balaban J connectivity index is 1.84. The van der Waals surface area contributed by atoms with Crippen molar-refractivity contribution in [2.75, 3.05) is 11.9 Å². The molecule has 0 aliphatic heterocycles. The number of nitrogens with one attached hydrogen (secondary N) is 2. The molecule has 0 amide bonds. The monoisotopic (exact) mass is 325 g/mol. The van der Waals surface area contributed by atoms with Crippen LogP contribution in [0.15, 0.2) is 48.7 Å². The normalized spacial score (nSPS) is 12.2. The number of hydrogen-bond donors (Lipinski definition) is 3. The number of benzene rings is 2. The predicted octanol–water partition coefficient (Wildman–Crippen LogP) is 3.40. The first-order valence-corrected chi connectivity index (χ1v) is 7.76. The summed E-state index contributed by atoms with van der Waals surface area (Å²) in [6, 6.07) is 12.6. The van der Waals surface area contributed by atoms with Gasteiger partial charge in [-0.2, -0.15) is 0 Å². The van der Waals surface area contributed by atoms with Crippen molar-refractivity contribution in [2.45, 2.75) is 19.4 Å². The molecular weight excluding hydrogens is 306 g/mol. The van der Waals surface area contributed by atoms with Crippen molar-refractivity contribution in [1.82, 2.24) is 4.98 Å². The lowest BCUT2D eigenvalue weighted by Crippen LogP contribution is -2.26. The van der Waals surface area contributed by atoms with Crippen LogP contribution in [0.25, 0.3) is 10.9 Å². The van der Waals surface area contributed by atoms with Crippen LogP contribution in [0.1, 0.15) is 11.1 Å². The molecule has 0 spiro atoms. The number of aryl methyl sites for hydroxylation is 1. The molecule has 0 bridgehead atoms. The second-order valence-corrected chi connectivity index (χ2v) is 5.87. The largest absolute Gasteiger partial charge is 0.394 e. The van der Waals surface area contributed by atoms with E-state index in [4.69, 9.17) is 0 Å². The average molecular weight is 325 g/mol. The van der Waals surface area contributed by atoms with Crippen LogP contribution >= 0.6 is 0 Å². The Bertz CT molecular complexity index is 873. The molecule has 2 aromatic carbocycles. The van der Waals surface area contributed by atoms with Crippen LogP contribution in [0.5, 0.6) is 0 Å². The predicted molar refractivity (Wildman–Crippen MR) is 94.3 cm³/mol. The van der Waals surface area contributed by atoms with Gasteiger partial charge in [-0.25, -0.2) is 0 Å². The summed E-state index contributed by atoms with van der Waals surface area (Å²) in [4.78, 5) is 14.0. The number of rotatable bonds is 6. The summed E-state index contributed by atoms with van der Waals surface area (Å²) in [6.07, 6.45) is 2.48. The van der Waals surface area contributed by atoms with Gasteiger partial charge in [0.2, 0.25) is 0 Å². The summed E-state index contributed by atoms with van der Waals surface area (Å²) in [7, 11) is 0. The van der Waals surface area contributed by atoms with Gasteiger partial charge in [-0.3, -0.25) is 10.1 Å². The Kier molecular flexibility index (Phi) is 4.48. The average Bonchev–Trinajstić information content (AvgIpc) is 2.98. The topological polar surface area (TPSA) is 91.2 Å². The zero-order chi connectivity index (χ0) is 17.1. The quantitative estimate of drug-likeness (QED) is 0.478. The number of para-hydroxylation sites is 1. The fourth-order valence-corrected chi connectivity index (χ4v) is 2.86. The Morgan fingerprint density at radius 3 is 2.83 bits per heavy atom. The number of hydrogen-bond acceptors (Lipinski definition) is 4. The molecule has 6 nitrogen and oxygen atoms in total. The highest BCUT2D eigenvalue weighted by molar-refractivity contribution is 5.83. The molecule has 124 valence electrons. The third kappa shape index (κ3) is 3.23. The number of nitro benzene ring substituents is 1. The van der Waals surface area contributed by atoms with Crippen LogP contribution < -0.4 is 5.32 Å². The molecule has 0 aliphatic carbocycles. The molecule has 0 aliphatic rings. The third-order valence-corrected chi connectivity index (χ3v) is 4.07. The molecule has 3 aromatic rings. The van der Waals surface area contributed by atoms with Gasteiger partial charge in [0.15, 0.2) is 0 Å². The lowest BCUT2D eigenvalue weighted by Gasteiger charge is -2.17. The van der Waals surface area contributed by atoms with Crippen LogP contribution in [-0.2, 0) is 6.42 Å². The van der Waals surface area contributed by atoms with E-state index in [1.807, 2.05) is 43.5 Å². The molecule has 0 radical (unpaired) electrons. The lowest BCUT2D eigenvalue weighted by molar-refractivity contribution is -0.384. The van der Waals surface area contributed by atoms with Gasteiger partial charge in [0.05, 0.1) is 17.6 Å². The van der Waals surface area contributed by atoms with Gasteiger partial charge in [-0.1, -0.05) is 24.3 Å². The summed E-state index contributed by atoms with van der Waals surface area (Å²) >= 11 is 0. The Morgan fingerprint density at radius 1 is 1.29 bits per heavy atom. The molecule has 0 saturated carbocycles. The Morgan fingerprint density at radius 2 is 2.08 bits per heavy atom. The zero-order valence-electron chi connectivity index (χ0n) is 13.3. The number of aliphatic hydroxyl groups excluding tert-OH is 1. The SMILES string of the molecule is Cc1ccc(NC(CO)Cc2c[nH]c3ccccc23)c([N+](=O)[O-])c1. The minimum atomic E-state index is -0.407. The Hall–Kier alpha value is -2.86. The summed E-state index contributed by atoms with van der Waals surface area (Å²) in [5, 5.41) is 25.1. The maximum absolute atomic E-state index is 11.2. The van der Waals surface area contributed by atoms with Gasteiger partial charge in [-0.05, 0) is 36.6 Å². The first-order chi connectivity index (χ1) is 11.6. The van der Waals surface area contributed by atoms with E-state index >= 15 is 0 Å². The highest BCUT2D eigenvalue weighted by Crippen LogP contribution is 2.27. The van der Waals surface area contributed by atoms with Gasteiger partial charge in [0.25, 0.3) is 5.69 Å². The fraction of sp³-hybridized carbons (Fsp3) is 0.222. The van der Waals surface area contributed by atoms with E-state index in [1.54, 1.807) is 6.07 Å². The van der Waals surface area contributed by atoms with Crippen molar-refractivity contribution < 1.29 is 10.0 Å². The zero-order valence-corrected chi connectivity index (χ0v) is 13.3. The van der Waals surface area contributed by atoms with E-state index in [0.29, 0.717) is 12.1 Å². The second-order valence-electron chi connectivity index (χ2n) is 5.87. The van der Waals surface area contributed by atoms with Crippen LogP contribution in [-0.4, -0.2) is 27.7 Å². The molecule has 1 heterocycles. The maximum atomic E-state index is 11.2. The van der Waals surface area contributed by atoms with E-state index in [9.17, 15) is 15.2 Å². The van der Waals surface area contributed by atoms with E-state index in [0.717, 1.165) is 22.0 Å². The van der Waals surface area contributed by atoms with Crippen LogP contribution in [0.2, 0.25) is 0 Å². The number of nitro groups is 1. The van der Waals surface area contributed by atoms with Crippen molar-refractivity contribution in [3.63, 3.8) is 0 Å². The van der Waals surface area contributed by atoms with Gasteiger partial charge in [-0.15, -0.1) is 0 Å². The molecule has 0 saturated heterocycles. The number of aromatic nitrogens is 1. The van der Waals surface area contributed by atoms with E-state index in [1.165, 1.54) is 6.07 Å². The summed E-state index contributed by atoms with van der Waals surface area (Å²) in [6.45, 7) is 1.69. The number of H-pyrrole nitrogens is 1. The van der Waals surface area contributed by atoms with Crippen LogP contribution in [0, 0.1) is 17.0 Å². The van der Waals surface area contributed by atoms with Crippen molar-refractivity contribution in [3.05, 3.63) is 69.9 Å². The minimum Gasteiger partial charge on any atom is -0.394 e. The number of anilines is 1. The first-order valence-electron chi connectivity index (χ1n) is 7.76. The highest BCUT2D eigenvalue weighted by Gasteiger charge is 2.18. The molecule has 3 rings (SSSR count). The molecule has 0 fully saturated rings. The maximum Gasteiger partial charge on any atom is 0.292 e. The van der Waals surface area contributed by atoms with E-state index in [-0.39, 0.29) is 18.3 Å². The Labute approximate surface area is 139 Å². The van der Waals surface area contributed by atoms with Crippen molar-refractivity contribution >= 4 is 22.3 Å². The van der Waals surface area contributed by atoms with Crippen molar-refractivity contribution in [2.24, 2.45) is 0 Å². The smallest absolute Gasteiger partial charge is 0.292 e. The molecule has 1 atom stereocenters. The molecule has 6 heteroatoms. The minimum absolute atomic E-state index is 0.0207. The molecule has 3 N–H and O–H groups in total. The van der Waals surface area contributed by atoms with Gasteiger partial charge < -0.3 is 15.4 Å². The second kappa shape index (κ2) is 6.72. The molecular formula is C18H19N3O3. The van der Waals surface area contributed by atoms with Crippen molar-refractivity contribution in [1.29, 1.82) is 0 Å². The standard InChI is InChI=1S/C18H19N3O3/c1-12-6-7-17(18(8-12)21(23)24)20-14(11-22)9-13-10-19-16-5-3-2-4-15(13)16/h2-8,10,14,19-20,22H,9,11H2,1H3. The number of aromatic amines is 1. The van der Waals surface area contributed by atoms with Crippen molar-refractivity contribution in [3.8, 4) is 0 Å². The number of aliphatic hydroxyl groups is 1. The van der Waals surface area contributed by atoms with E-state index < -0.39 is 4.92 Å².